The molecule has 0 radical (unpaired) electrons. The van der Waals surface area contributed by atoms with Gasteiger partial charge in [0.2, 0.25) is 0 Å². The van der Waals surface area contributed by atoms with E-state index in [2.05, 4.69) is 58.6 Å². The van der Waals surface area contributed by atoms with E-state index in [0.717, 1.165) is 18.7 Å². The number of rotatable bonds is 7. The predicted octanol–water partition coefficient (Wildman–Crippen LogP) is 4.43. The fourth-order valence-corrected chi connectivity index (χ4v) is 2.78. The molecule has 0 saturated carbocycles. The van der Waals surface area contributed by atoms with E-state index in [1.807, 2.05) is 24.0 Å². The van der Waals surface area contributed by atoms with Gasteiger partial charge in [-0.05, 0) is 64.8 Å². The first-order chi connectivity index (χ1) is 10.3. The molecular formula is C19H32N2O. The zero-order valence-electron chi connectivity index (χ0n) is 15.3. The van der Waals surface area contributed by atoms with Gasteiger partial charge < -0.3 is 9.80 Å². The van der Waals surface area contributed by atoms with Crippen LogP contribution in [0.25, 0.3) is 0 Å². The van der Waals surface area contributed by atoms with E-state index < -0.39 is 0 Å². The van der Waals surface area contributed by atoms with Crippen molar-refractivity contribution in [3.05, 3.63) is 29.8 Å². The number of benzene rings is 1. The molecule has 0 unspecified atom stereocenters. The van der Waals surface area contributed by atoms with Gasteiger partial charge in [-0.15, -0.1) is 0 Å². The van der Waals surface area contributed by atoms with Crippen LogP contribution in [-0.4, -0.2) is 36.0 Å². The number of anilines is 1. The molecule has 0 bridgehead atoms. The number of hydrogen-bond donors (Lipinski definition) is 0. The Hall–Kier alpha value is -1.51. The minimum Gasteiger partial charge on any atom is -0.369 e. The van der Waals surface area contributed by atoms with Crippen molar-refractivity contribution in [2.75, 3.05) is 18.0 Å². The summed E-state index contributed by atoms with van der Waals surface area (Å²) in [6.45, 7) is 16.7. The number of nitrogens with zero attached hydrogens (tertiary/aromatic N) is 2. The average molecular weight is 304 g/mol. The van der Waals surface area contributed by atoms with Crippen molar-refractivity contribution >= 4 is 11.6 Å². The Morgan fingerprint density at radius 2 is 1.50 bits per heavy atom. The highest BCUT2D eigenvalue weighted by Crippen LogP contribution is 2.20. The van der Waals surface area contributed by atoms with Gasteiger partial charge in [0.15, 0.2) is 0 Å². The molecule has 0 saturated heterocycles. The molecule has 0 aliphatic rings. The molecule has 0 fully saturated rings. The van der Waals surface area contributed by atoms with E-state index in [1.54, 1.807) is 0 Å². The molecule has 3 nitrogen and oxygen atoms in total. The van der Waals surface area contributed by atoms with Gasteiger partial charge in [0, 0.05) is 36.4 Å². The lowest BCUT2D eigenvalue weighted by Crippen LogP contribution is -2.41. The standard InChI is InChI=1S/C19H32N2O/c1-8-20(15(5)6)18-12-10-17(11-13-18)19(22)21(9-2)16(7)14(3)4/h10-16H,8-9H2,1-7H3/t16-/m0/s1. The van der Waals surface area contributed by atoms with Gasteiger partial charge in [-0.3, -0.25) is 4.79 Å². The normalized spacial score (nSPS) is 12.6. The van der Waals surface area contributed by atoms with Crippen LogP contribution in [0.15, 0.2) is 24.3 Å². The molecule has 0 aromatic heterocycles. The molecule has 124 valence electrons. The Labute approximate surface area is 136 Å². The maximum absolute atomic E-state index is 12.7. The topological polar surface area (TPSA) is 23.6 Å². The quantitative estimate of drug-likeness (QED) is 0.744. The van der Waals surface area contributed by atoms with Gasteiger partial charge in [-0.1, -0.05) is 13.8 Å². The molecule has 1 atom stereocenters. The van der Waals surface area contributed by atoms with Crippen molar-refractivity contribution in [3.8, 4) is 0 Å². The summed E-state index contributed by atoms with van der Waals surface area (Å²) in [6, 6.07) is 8.74. The monoisotopic (exact) mass is 304 g/mol. The largest absolute Gasteiger partial charge is 0.369 e. The number of carbonyl (C=O) groups excluding carboxylic acids is 1. The van der Waals surface area contributed by atoms with E-state index in [0.29, 0.717) is 12.0 Å². The van der Waals surface area contributed by atoms with Crippen LogP contribution in [0.3, 0.4) is 0 Å². The lowest BCUT2D eigenvalue weighted by Gasteiger charge is -2.31. The minimum atomic E-state index is 0.128. The fraction of sp³-hybridized carbons (Fsp3) is 0.632. The molecular weight excluding hydrogens is 272 g/mol. The van der Waals surface area contributed by atoms with Crippen LogP contribution in [0.5, 0.6) is 0 Å². The van der Waals surface area contributed by atoms with Crippen molar-refractivity contribution in [1.82, 2.24) is 4.90 Å². The Morgan fingerprint density at radius 3 is 1.86 bits per heavy atom. The lowest BCUT2D eigenvalue weighted by molar-refractivity contribution is 0.0660. The smallest absolute Gasteiger partial charge is 0.254 e. The first-order valence-corrected chi connectivity index (χ1v) is 8.51. The van der Waals surface area contributed by atoms with Crippen molar-refractivity contribution in [2.45, 2.75) is 60.5 Å². The first kappa shape index (κ1) is 18.5. The first-order valence-electron chi connectivity index (χ1n) is 8.51. The minimum absolute atomic E-state index is 0.128. The fourth-order valence-electron chi connectivity index (χ4n) is 2.78. The van der Waals surface area contributed by atoms with Gasteiger partial charge in [0.05, 0.1) is 0 Å². The van der Waals surface area contributed by atoms with Crippen LogP contribution in [-0.2, 0) is 0 Å². The molecule has 1 rings (SSSR count). The molecule has 0 aliphatic heterocycles. The summed E-state index contributed by atoms with van der Waals surface area (Å²) in [6.07, 6.45) is 0. The third-order valence-corrected chi connectivity index (χ3v) is 4.47. The predicted molar refractivity (Wildman–Crippen MR) is 95.6 cm³/mol. The van der Waals surface area contributed by atoms with E-state index in [9.17, 15) is 4.79 Å². The Morgan fingerprint density at radius 1 is 0.955 bits per heavy atom. The molecule has 0 N–H and O–H groups in total. The SMILES string of the molecule is CCN(c1ccc(C(=O)N(CC)[C@@H](C)C(C)C)cc1)C(C)C. The maximum Gasteiger partial charge on any atom is 0.254 e. The highest BCUT2D eigenvalue weighted by atomic mass is 16.2. The second-order valence-electron chi connectivity index (χ2n) is 6.50. The molecule has 1 aromatic rings. The third kappa shape index (κ3) is 4.25. The second kappa shape index (κ2) is 8.21. The highest BCUT2D eigenvalue weighted by Gasteiger charge is 2.22. The summed E-state index contributed by atoms with van der Waals surface area (Å²) in [7, 11) is 0. The zero-order chi connectivity index (χ0) is 16.9. The van der Waals surface area contributed by atoms with Crippen LogP contribution in [0.1, 0.15) is 58.8 Å². The van der Waals surface area contributed by atoms with Crippen molar-refractivity contribution in [3.63, 3.8) is 0 Å². The molecule has 0 aliphatic carbocycles. The van der Waals surface area contributed by atoms with Gasteiger partial charge in [0.1, 0.15) is 0 Å². The summed E-state index contributed by atoms with van der Waals surface area (Å²) < 4.78 is 0. The molecule has 0 spiro atoms. The molecule has 22 heavy (non-hydrogen) atoms. The van der Waals surface area contributed by atoms with E-state index in [4.69, 9.17) is 0 Å². The third-order valence-electron chi connectivity index (χ3n) is 4.47. The Balaban J connectivity index is 2.96. The summed E-state index contributed by atoms with van der Waals surface area (Å²) in [5.41, 5.74) is 1.95. The summed E-state index contributed by atoms with van der Waals surface area (Å²) in [4.78, 5) is 17.0. The Kier molecular flexibility index (Phi) is 6.92. The summed E-state index contributed by atoms with van der Waals surface area (Å²) in [5.74, 6) is 0.586. The molecule has 3 heteroatoms. The average Bonchev–Trinajstić information content (AvgIpc) is 2.48. The van der Waals surface area contributed by atoms with Crippen LogP contribution in [0.4, 0.5) is 5.69 Å². The second-order valence-corrected chi connectivity index (χ2v) is 6.50. The van der Waals surface area contributed by atoms with Gasteiger partial charge >= 0.3 is 0 Å². The maximum atomic E-state index is 12.7. The van der Waals surface area contributed by atoms with Crippen LogP contribution in [0.2, 0.25) is 0 Å². The van der Waals surface area contributed by atoms with Crippen LogP contribution >= 0.6 is 0 Å². The number of carbonyl (C=O) groups is 1. The van der Waals surface area contributed by atoms with Crippen molar-refractivity contribution < 1.29 is 4.79 Å². The zero-order valence-corrected chi connectivity index (χ0v) is 15.3. The van der Waals surface area contributed by atoms with Crippen LogP contribution < -0.4 is 4.90 Å². The van der Waals surface area contributed by atoms with Gasteiger partial charge in [0.25, 0.3) is 5.91 Å². The van der Waals surface area contributed by atoms with Gasteiger partial charge in [-0.2, -0.15) is 0 Å². The highest BCUT2D eigenvalue weighted by molar-refractivity contribution is 5.94. The summed E-state index contributed by atoms with van der Waals surface area (Å²) in [5, 5.41) is 0. The lowest BCUT2D eigenvalue weighted by atomic mass is 10.0. The Bertz CT molecular complexity index is 465. The van der Waals surface area contributed by atoms with E-state index in [-0.39, 0.29) is 11.9 Å². The van der Waals surface area contributed by atoms with Crippen molar-refractivity contribution in [1.29, 1.82) is 0 Å². The van der Waals surface area contributed by atoms with Crippen LogP contribution in [0, 0.1) is 5.92 Å². The molecule has 1 amide bonds. The molecule has 0 heterocycles. The van der Waals surface area contributed by atoms with Crippen molar-refractivity contribution in [2.24, 2.45) is 5.92 Å². The van der Waals surface area contributed by atoms with E-state index in [1.165, 1.54) is 5.69 Å². The number of amides is 1. The molecule has 1 aromatic carbocycles. The summed E-state index contributed by atoms with van der Waals surface area (Å²) >= 11 is 0. The van der Waals surface area contributed by atoms with Gasteiger partial charge in [-0.25, -0.2) is 0 Å². The van der Waals surface area contributed by atoms with E-state index >= 15 is 0 Å². The number of hydrogen-bond acceptors (Lipinski definition) is 2.